The fraction of sp³-hybridized carbons (Fsp3) is 0.500. The van der Waals surface area contributed by atoms with Gasteiger partial charge in [-0.3, -0.25) is 0 Å². The molecule has 2 atom stereocenters. The number of carboxylic acids is 1. The highest BCUT2D eigenvalue weighted by Gasteiger charge is 2.44. The molecule has 64 valence electrons. The Hall–Kier alpha value is -1.05. The predicted molar refractivity (Wildman–Crippen MR) is 45.7 cm³/mol. The Kier molecular flexibility index (Phi) is 1.40. The van der Waals surface area contributed by atoms with E-state index in [0.29, 0.717) is 11.5 Å². The van der Waals surface area contributed by atoms with E-state index in [-0.39, 0.29) is 5.41 Å². The first-order valence-electron chi connectivity index (χ1n) is 4.26. The molecule has 2 rings (SSSR count). The molecule has 2 aliphatic carbocycles. The quantitative estimate of drug-likeness (QED) is 0.500. The highest BCUT2D eigenvalue weighted by Crippen LogP contribution is 2.52. The Balaban J connectivity index is 2.28. The van der Waals surface area contributed by atoms with E-state index in [9.17, 15) is 4.79 Å². The second-order valence-electron chi connectivity index (χ2n) is 3.80. The minimum absolute atomic E-state index is 0.184. The summed E-state index contributed by atoms with van der Waals surface area (Å²) >= 11 is 0. The molecule has 0 aromatic carbocycles. The third-order valence-electron chi connectivity index (χ3n) is 3.13. The summed E-state index contributed by atoms with van der Waals surface area (Å²) in [6.07, 6.45) is 7.25. The lowest BCUT2D eigenvalue weighted by atomic mass is 9.80. The van der Waals surface area contributed by atoms with Crippen molar-refractivity contribution in [1.29, 1.82) is 0 Å². The molecule has 0 radical (unpaired) electrons. The molecule has 0 amide bonds. The molecule has 2 heteroatoms. The summed E-state index contributed by atoms with van der Waals surface area (Å²) < 4.78 is 0. The molecule has 2 bridgehead atoms. The van der Waals surface area contributed by atoms with Crippen molar-refractivity contribution in [1.82, 2.24) is 0 Å². The molecule has 0 saturated heterocycles. The van der Waals surface area contributed by atoms with Gasteiger partial charge in [-0.15, -0.1) is 0 Å². The first-order valence-corrected chi connectivity index (χ1v) is 4.26. The van der Waals surface area contributed by atoms with Crippen LogP contribution in [0, 0.1) is 11.3 Å². The molecule has 2 nitrogen and oxygen atoms in total. The first kappa shape index (κ1) is 7.59. The van der Waals surface area contributed by atoms with Crippen LogP contribution in [0.2, 0.25) is 0 Å². The van der Waals surface area contributed by atoms with Crippen LogP contribution >= 0.6 is 0 Å². The SMILES string of the molecule is C=C(C(=O)O)C12C=CC(CC1)C2. The van der Waals surface area contributed by atoms with Crippen LogP contribution in [0.1, 0.15) is 19.3 Å². The van der Waals surface area contributed by atoms with Crippen molar-refractivity contribution in [3.05, 3.63) is 24.3 Å². The average molecular weight is 164 g/mol. The molecule has 0 aromatic rings. The van der Waals surface area contributed by atoms with E-state index in [1.54, 1.807) is 0 Å². The lowest BCUT2D eigenvalue weighted by Gasteiger charge is -2.22. The van der Waals surface area contributed by atoms with Crippen LogP contribution in [0.3, 0.4) is 0 Å². The van der Waals surface area contributed by atoms with E-state index in [1.807, 2.05) is 6.08 Å². The molecule has 2 aliphatic rings. The van der Waals surface area contributed by atoms with Crippen LogP contribution < -0.4 is 0 Å². The van der Waals surface area contributed by atoms with Crippen LogP contribution in [-0.4, -0.2) is 11.1 Å². The van der Waals surface area contributed by atoms with Crippen molar-refractivity contribution in [2.45, 2.75) is 19.3 Å². The van der Waals surface area contributed by atoms with E-state index in [2.05, 4.69) is 12.7 Å². The summed E-state index contributed by atoms with van der Waals surface area (Å²) in [5.41, 5.74) is 0.190. The Labute approximate surface area is 71.6 Å². The number of hydrogen-bond donors (Lipinski definition) is 1. The van der Waals surface area contributed by atoms with Gasteiger partial charge in [-0.2, -0.15) is 0 Å². The van der Waals surface area contributed by atoms with Gasteiger partial charge >= 0.3 is 5.97 Å². The van der Waals surface area contributed by atoms with Gasteiger partial charge in [0.15, 0.2) is 0 Å². The van der Waals surface area contributed by atoms with E-state index in [1.165, 1.54) is 0 Å². The van der Waals surface area contributed by atoms with Crippen molar-refractivity contribution in [2.75, 3.05) is 0 Å². The zero-order valence-electron chi connectivity index (χ0n) is 6.92. The smallest absolute Gasteiger partial charge is 0.331 e. The summed E-state index contributed by atoms with van der Waals surface area (Å²) in [6.45, 7) is 3.66. The van der Waals surface area contributed by atoms with Gasteiger partial charge in [-0.25, -0.2) is 4.79 Å². The molecule has 1 saturated carbocycles. The van der Waals surface area contributed by atoms with Gasteiger partial charge in [0.1, 0.15) is 0 Å². The van der Waals surface area contributed by atoms with Gasteiger partial charge < -0.3 is 5.11 Å². The van der Waals surface area contributed by atoms with Crippen molar-refractivity contribution < 1.29 is 9.90 Å². The third kappa shape index (κ3) is 0.840. The van der Waals surface area contributed by atoms with Crippen LogP contribution in [0.4, 0.5) is 0 Å². The minimum Gasteiger partial charge on any atom is -0.478 e. The van der Waals surface area contributed by atoms with Crippen molar-refractivity contribution in [3.8, 4) is 0 Å². The lowest BCUT2D eigenvalue weighted by Crippen LogP contribution is -2.20. The fourth-order valence-electron chi connectivity index (χ4n) is 2.34. The highest BCUT2D eigenvalue weighted by molar-refractivity contribution is 5.88. The number of hydrogen-bond acceptors (Lipinski definition) is 1. The third-order valence-corrected chi connectivity index (χ3v) is 3.13. The number of carbonyl (C=O) groups is 1. The number of carboxylic acid groups (broad SMARTS) is 1. The largest absolute Gasteiger partial charge is 0.478 e. The predicted octanol–water partition coefficient (Wildman–Crippen LogP) is 1.98. The van der Waals surface area contributed by atoms with Gasteiger partial charge in [-0.1, -0.05) is 18.7 Å². The van der Waals surface area contributed by atoms with E-state index in [0.717, 1.165) is 19.3 Å². The Morgan fingerprint density at radius 2 is 2.42 bits per heavy atom. The van der Waals surface area contributed by atoms with Crippen molar-refractivity contribution in [3.63, 3.8) is 0 Å². The standard InChI is InChI=1S/C10H12O2/c1-7(9(11)12)10-4-2-8(6-10)3-5-10/h2,4,8H,1,3,5-6H2,(H,11,12). The lowest BCUT2D eigenvalue weighted by molar-refractivity contribution is -0.133. The molecule has 0 aromatic heterocycles. The zero-order valence-corrected chi connectivity index (χ0v) is 6.92. The van der Waals surface area contributed by atoms with Crippen LogP contribution in [0.15, 0.2) is 24.3 Å². The van der Waals surface area contributed by atoms with E-state index >= 15 is 0 Å². The summed E-state index contributed by atoms with van der Waals surface area (Å²) in [5.74, 6) is -0.233. The summed E-state index contributed by atoms with van der Waals surface area (Å²) in [4.78, 5) is 10.7. The summed E-state index contributed by atoms with van der Waals surface area (Å²) in [7, 11) is 0. The van der Waals surface area contributed by atoms with Crippen molar-refractivity contribution in [2.24, 2.45) is 11.3 Å². The van der Waals surface area contributed by atoms with Crippen molar-refractivity contribution >= 4 is 5.97 Å². The highest BCUT2D eigenvalue weighted by atomic mass is 16.4. The zero-order chi connectivity index (χ0) is 8.77. The van der Waals surface area contributed by atoms with E-state index in [4.69, 9.17) is 5.11 Å². The van der Waals surface area contributed by atoms with Crippen LogP contribution in [0.25, 0.3) is 0 Å². The maximum Gasteiger partial charge on any atom is 0.331 e. The Morgan fingerprint density at radius 1 is 1.67 bits per heavy atom. The molecule has 0 spiro atoms. The Morgan fingerprint density at radius 3 is 2.75 bits per heavy atom. The van der Waals surface area contributed by atoms with E-state index < -0.39 is 5.97 Å². The maximum atomic E-state index is 10.7. The molecule has 0 aliphatic heterocycles. The molecule has 12 heavy (non-hydrogen) atoms. The van der Waals surface area contributed by atoms with Crippen LogP contribution in [0.5, 0.6) is 0 Å². The Bertz CT molecular complexity index is 278. The second-order valence-corrected chi connectivity index (χ2v) is 3.80. The van der Waals surface area contributed by atoms with Crippen LogP contribution in [-0.2, 0) is 4.79 Å². The molecule has 0 heterocycles. The average Bonchev–Trinajstić information content (AvgIpc) is 2.62. The van der Waals surface area contributed by atoms with Gasteiger partial charge in [0, 0.05) is 11.0 Å². The van der Waals surface area contributed by atoms with Gasteiger partial charge in [0.05, 0.1) is 0 Å². The summed E-state index contributed by atoms with van der Waals surface area (Å²) in [5, 5.41) is 8.82. The minimum atomic E-state index is -0.845. The molecular formula is C10H12O2. The number of rotatable bonds is 2. The monoisotopic (exact) mass is 164 g/mol. The number of aliphatic carboxylic acids is 1. The first-order chi connectivity index (χ1) is 5.64. The molecule has 2 unspecified atom stereocenters. The molecule has 1 N–H and O–H groups in total. The van der Waals surface area contributed by atoms with Gasteiger partial charge in [0.25, 0.3) is 0 Å². The van der Waals surface area contributed by atoms with Gasteiger partial charge in [0.2, 0.25) is 0 Å². The summed E-state index contributed by atoms with van der Waals surface area (Å²) in [6, 6.07) is 0. The molecular weight excluding hydrogens is 152 g/mol. The maximum absolute atomic E-state index is 10.7. The second kappa shape index (κ2) is 2.22. The molecule has 1 fully saturated rings. The normalized spacial score (nSPS) is 37.2. The number of allylic oxidation sites excluding steroid dienone is 2. The fourth-order valence-corrected chi connectivity index (χ4v) is 2.34. The van der Waals surface area contributed by atoms with Gasteiger partial charge in [-0.05, 0) is 25.2 Å². The number of fused-ring (bicyclic) bond motifs is 2. The topological polar surface area (TPSA) is 37.3 Å².